The average Bonchev–Trinajstić information content (AvgIpc) is 3.67. The topological polar surface area (TPSA) is 262 Å². The third-order valence-electron chi connectivity index (χ3n) is 8.02. The lowest BCUT2D eigenvalue weighted by molar-refractivity contribution is -0.759. The van der Waals surface area contributed by atoms with Crippen molar-refractivity contribution in [2.45, 2.75) is 95.2 Å². The van der Waals surface area contributed by atoms with Crippen LogP contribution in [0.4, 0.5) is 5.82 Å². The van der Waals surface area contributed by atoms with Gasteiger partial charge in [0.2, 0.25) is 0 Å². The zero-order valence-electron chi connectivity index (χ0n) is 24.9. The smallest absolute Gasteiger partial charge is 0.323 e. The second-order valence-corrected chi connectivity index (χ2v) is 11.9. The van der Waals surface area contributed by atoms with Gasteiger partial charge in [-0.3, -0.25) is 14.2 Å². The fourth-order valence-corrected chi connectivity index (χ4v) is 5.21. The van der Waals surface area contributed by atoms with Gasteiger partial charge in [0.05, 0.1) is 24.6 Å². The Morgan fingerprint density at radius 2 is 1.80 bits per heavy atom. The van der Waals surface area contributed by atoms with Crippen molar-refractivity contribution in [3.63, 3.8) is 0 Å². The molecule has 18 nitrogen and oxygen atoms in total. The molecule has 2 aliphatic rings. The third kappa shape index (κ3) is 6.99. The molecule has 3 unspecified atom stereocenters. The van der Waals surface area contributed by atoms with Crippen LogP contribution in [-0.4, -0.2) is 102 Å². The van der Waals surface area contributed by atoms with Gasteiger partial charge in [0.25, 0.3) is 5.09 Å². The number of anilines is 1. The minimum atomic E-state index is -1.39. The van der Waals surface area contributed by atoms with Crippen LogP contribution in [0.3, 0.4) is 0 Å². The Morgan fingerprint density at radius 3 is 2.34 bits per heavy atom. The summed E-state index contributed by atoms with van der Waals surface area (Å²) >= 11 is 0. The van der Waals surface area contributed by atoms with Gasteiger partial charge >= 0.3 is 11.9 Å². The number of nitrogens with two attached hydrogens (primary N) is 2. The number of esters is 2. The average molecular weight is 625 g/mol. The number of nitrogens with zero attached hydrogens (tertiary/aromatic N) is 5. The third-order valence-corrected chi connectivity index (χ3v) is 8.02. The number of carbonyl (C=O) groups excluding carboxylic acids is 2. The second kappa shape index (κ2) is 13.5. The predicted molar refractivity (Wildman–Crippen MR) is 151 cm³/mol. The standard InChI is InChI=1S/C26H40N8O10/c1-12(2)16(27)24(37)43-19-15(8-41-34(39)40)42-23(20(19)44-25(38)17(28)13(3)4)33-11-31-18-21(29-10-30-22(18)33)32-26(9-35)6-5-14(36)7-26/h10-17,19-20,23,35-36H,5-9,27-28H2,1-4H3,(H,29,30,32)/t14-,15+,16-,17-,19+,20?,23?,26?/m0/s1. The van der Waals surface area contributed by atoms with Gasteiger partial charge in [0.15, 0.2) is 35.4 Å². The first-order chi connectivity index (χ1) is 20.8. The van der Waals surface area contributed by atoms with Gasteiger partial charge in [-0.25, -0.2) is 15.0 Å². The van der Waals surface area contributed by atoms with Crippen LogP contribution in [0.25, 0.3) is 11.2 Å². The van der Waals surface area contributed by atoms with Crippen molar-refractivity contribution in [1.29, 1.82) is 0 Å². The Balaban J connectivity index is 1.74. The molecule has 8 atom stereocenters. The lowest BCUT2D eigenvalue weighted by Gasteiger charge is -2.29. The van der Waals surface area contributed by atoms with E-state index in [2.05, 4.69) is 25.1 Å². The van der Waals surface area contributed by atoms with E-state index in [1.54, 1.807) is 27.7 Å². The number of nitrogens with one attached hydrogen (secondary N) is 1. The highest BCUT2D eigenvalue weighted by Gasteiger charge is 2.52. The van der Waals surface area contributed by atoms with Crippen molar-refractivity contribution in [3.05, 3.63) is 22.8 Å². The maximum Gasteiger partial charge on any atom is 0.323 e. The van der Waals surface area contributed by atoms with E-state index in [9.17, 15) is 29.9 Å². The molecule has 18 heteroatoms. The van der Waals surface area contributed by atoms with Crippen molar-refractivity contribution in [3.8, 4) is 0 Å². The van der Waals surface area contributed by atoms with Crippen LogP contribution < -0.4 is 16.8 Å². The largest absolute Gasteiger partial charge is 0.454 e. The van der Waals surface area contributed by atoms with E-state index in [1.807, 2.05) is 0 Å². The van der Waals surface area contributed by atoms with Gasteiger partial charge in [0, 0.05) is 0 Å². The fraction of sp³-hybridized carbons (Fsp3) is 0.731. The number of hydrogen-bond donors (Lipinski definition) is 5. The second-order valence-electron chi connectivity index (χ2n) is 11.9. The van der Waals surface area contributed by atoms with E-state index in [0.29, 0.717) is 19.3 Å². The molecule has 0 aromatic carbocycles. The van der Waals surface area contributed by atoms with E-state index in [1.165, 1.54) is 17.2 Å². The molecule has 1 saturated carbocycles. The van der Waals surface area contributed by atoms with Crippen molar-refractivity contribution < 1.29 is 43.9 Å². The van der Waals surface area contributed by atoms with Gasteiger partial charge in [-0.05, 0) is 31.1 Å². The first-order valence-electron chi connectivity index (χ1n) is 14.4. The van der Waals surface area contributed by atoms with Crippen LogP contribution in [0.1, 0.15) is 53.2 Å². The summed E-state index contributed by atoms with van der Waals surface area (Å²) in [5.41, 5.74) is 11.7. The molecule has 2 fully saturated rings. The monoisotopic (exact) mass is 624 g/mol. The lowest BCUT2D eigenvalue weighted by Crippen LogP contribution is -2.48. The minimum Gasteiger partial charge on any atom is -0.454 e. The van der Waals surface area contributed by atoms with Gasteiger partial charge in [-0.2, -0.15) is 0 Å². The molecular formula is C26H40N8O10. The van der Waals surface area contributed by atoms with Crippen molar-refractivity contribution in [1.82, 2.24) is 19.5 Å². The highest BCUT2D eigenvalue weighted by molar-refractivity contribution is 5.83. The first-order valence-corrected chi connectivity index (χ1v) is 14.4. The molecule has 2 aromatic heterocycles. The number of rotatable bonds is 13. The molecule has 244 valence electrons. The quantitative estimate of drug-likeness (QED) is 0.106. The van der Waals surface area contributed by atoms with E-state index >= 15 is 0 Å². The van der Waals surface area contributed by atoms with Gasteiger partial charge in [0.1, 0.15) is 31.1 Å². The molecular weight excluding hydrogens is 584 g/mol. The first kappa shape index (κ1) is 33.2. The number of imidazole rings is 1. The molecule has 0 spiro atoms. The number of aliphatic hydroxyl groups is 2. The summed E-state index contributed by atoms with van der Waals surface area (Å²) in [6, 6.07) is -2.10. The van der Waals surface area contributed by atoms with Crippen molar-refractivity contribution in [2.75, 3.05) is 18.5 Å². The predicted octanol–water partition coefficient (Wildman–Crippen LogP) is -0.590. The van der Waals surface area contributed by atoms with Crippen LogP contribution in [0, 0.1) is 22.0 Å². The molecule has 1 aliphatic heterocycles. The molecule has 3 heterocycles. The van der Waals surface area contributed by atoms with Gasteiger partial charge in [-0.15, -0.1) is 10.1 Å². The highest BCUT2D eigenvalue weighted by atomic mass is 17.0. The molecule has 0 bridgehead atoms. The number of fused-ring (bicyclic) bond motifs is 1. The maximum absolute atomic E-state index is 13.1. The SMILES string of the molecule is CC(C)[C@H](N)C(=O)OC1C(n2cnc3c(NC4(CO)CC[C@H](O)C4)ncnc32)O[C@H](CO[N+](=O)[O-])[C@H]1OC(=O)[C@@H](N)C(C)C. The number of hydrogen-bond acceptors (Lipinski definition) is 16. The summed E-state index contributed by atoms with van der Waals surface area (Å²) in [4.78, 5) is 54.7. The summed E-state index contributed by atoms with van der Waals surface area (Å²) in [6.07, 6.45) is -2.06. The molecule has 4 rings (SSSR count). The van der Waals surface area contributed by atoms with E-state index in [4.69, 9.17) is 25.7 Å². The maximum atomic E-state index is 13.1. The summed E-state index contributed by atoms with van der Waals surface area (Å²) < 4.78 is 19.0. The lowest BCUT2D eigenvalue weighted by atomic mass is 9.99. The molecule has 7 N–H and O–H groups in total. The number of aromatic nitrogens is 4. The van der Waals surface area contributed by atoms with Crippen LogP contribution in [0.15, 0.2) is 12.7 Å². The van der Waals surface area contributed by atoms with Gasteiger partial charge < -0.3 is 46.0 Å². The van der Waals surface area contributed by atoms with Crippen LogP contribution in [-0.2, 0) is 28.6 Å². The van der Waals surface area contributed by atoms with Gasteiger partial charge in [-0.1, -0.05) is 27.7 Å². The molecule has 1 saturated heterocycles. The summed E-state index contributed by atoms with van der Waals surface area (Å²) in [5.74, 6) is -2.02. The molecule has 2 aromatic rings. The summed E-state index contributed by atoms with van der Waals surface area (Å²) in [5, 5.41) is 33.4. The number of aliphatic hydroxyl groups excluding tert-OH is 2. The summed E-state index contributed by atoms with van der Waals surface area (Å²) in [7, 11) is 0. The Bertz CT molecular complexity index is 1340. The molecule has 0 amide bonds. The molecule has 0 radical (unpaired) electrons. The van der Waals surface area contributed by atoms with Crippen molar-refractivity contribution >= 4 is 28.9 Å². The fourth-order valence-electron chi connectivity index (χ4n) is 5.21. The van der Waals surface area contributed by atoms with Crippen LogP contribution >= 0.6 is 0 Å². The van der Waals surface area contributed by atoms with Crippen LogP contribution in [0.5, 0.6) is 0 Å². The normalized spacial score (nSPS) is 28.3. The zero-order valence-corrected chi connectivity index (χ0v) is 24.9. The van der Waals surface area contributed by atoms with E-state index in [0.717, 1.165) is 0 Å². The number of carbonyl (C=O) groups is 2. The molecule has 1 aliphatic carbocycles. The number of ether oxygens (including phenoxy) is 3. The molecule has 44 heavy (non-hydrogen) atoms. The zero-order chi connectivity index (χ0) is 32.3. The Hall–Kier alpha value is -3.71. The van der Waals surface area contributed by atoms with Crippen LogP contribution in [0.2, 0.25) is 0 Å². The minimum absolute atomic E-state index is 0.202. The van der Waals surface area contributed by atoms with Crippen molar-refractivity contribution in [2.24, 2.45) is 23.3 Å². The Kier molecular flexibility index (Phi) is 10.2. The van der Waals surface area contributed by atoms with E-state index < -0.39 is 71.9 Å². The Morgan fingerprint density at radius 1 is 1.16 bits per heavy atom. The Labute approximate surface area is 252 Å². The highest BCUT2D eigenvalue weighted by Crippen LogP contribution is 2.38. The summed E-state index contributed by atoms with van der Waals surface area (Å²) in [6.45, 7) is 5.93. The van der Waals surface area contributed by atoms with E-state index in [-0.39, 0.29) is 35.4 Å².